The number of pyridine rings is 2. The lowest BCUT2D eigenvalue weighted by Gasteiger charge is -2.29. The van der Waals surface area contributed by atoms with E-state index in [1.54, 1.807) is 0 Å². The van der Waals surface area contributed by atoms with Crippen LogP contribution in [-0.4, -0.2) is 39.3 Å². The van der Waals surface area contributed by atoms with E-state index < -0.39 is 0 Å². The Kier molecular flexibility index (Phi) is 7.45. The van der Waals surface area contributed by atoms with E-state index in [0.29, 0.717) is 5.11 Å². The molecule has 9 heteroatoms. The maximum absolute atomic E-state index is 12.1. The average molecular weight is 541 g/mol. The number of hydrogen-bond donors (Lipinski definition) is 2. The van der Waals surface area contributed by atoms with Crippen molar-refractivity contribution in [2.75, 3.05) is 23.9 Å². The number of anilines is 2. The molecule has 2 atom stereocenters. The average Bonchev–Trinajstić information content (AvgIpc) is 3.41. The van der Waals surface area contributed by atoms with Gasteiger partial charge in [0.15, 0.2) is 5.11 Å². The molecule has 4 aromatic rings. The number of methoxy groups -OCH3 is 1. The van der Waals surface area contributed by atoms with Gasteiger partial charge in [0.2, 0.25) is 5.91 Å². The van der Waals surface area contributed by atoms with Gasteiger partial charge in [-0.2, -0.15) is 0 Å². The second-order valence-corrected chi connectivity index (χ2v) is 10.2. The fourth-order valence-corrected chi connectivity index (χ4v) is 5.67. The lowest BCUT2D eigenvalue weighted by atomic mass is 9.96. The zero-order valence-electron chi connectivity index (χ0n) is 22.7. The van der Waals surface area contributed by atoms with Crippen LogP contribution < -0.4 is 15.5 Å². The van der Waals surface area contributed by atoms with Gasteiger partial charge in [-0.05, 0) is 99.1 Å². The molecule has 2 N–H and O–H groups in total. The van der Waals surface area contributed by atoms with Crippen molar-refractivity contribution >= 4 is 34.6 Å². The highest BCUT2D eigenvalue weighted by molar-refractivity contribution is 7.80. The van der Waals surface area contributed by atoms with Gasteiger partial charge in [-0.3, -0.25) is 9.78 Å². The summed E-state index contributed by atoms with van der Waals surface area (Å²) in [5.74, 6) is 0.720. The summed E-state index contributed by atoms with van der Waals surface area (Å²) >= 11 is 5.94. The van der Waals surface area contributed by atoms with Crippen LogP contribution in [0.2, 0.25) is 0 Å². The van der Waals surface area contributed by atoms with Gasteiger partial charge in [0.1, 0.15) is 12.4 Å². The SMILES string of the molecule is COCC(=O)Nc1ccc(N2C(=S)NC(c3ccccn3)C2c2cc(C)n(-c3ncccc3C)c2C)cc1C. The Bertz CT molecular complexity index is 1530. The molecule has 39 heavy (non-hydrogen) atoms. The van der Waals surface area contributed by atoms with Crippen molar-refractivity contribution in [3.63, 3.8) is 0 Å². The third-order valence-corrected chi connectivity index (χ3v) is 7.43. The Balaban J connectivity index is 1.62. The van der Waals surface area contributed by atoms with E-state index in [2.05, 4.69) is 63.0 Å². The van der Waals surface area contributed by atoms with Crippen molar-refractivity contribution in [3.05, 3.63) is 101 Å². The molecule has 0 saturated carbocycles. The predicted molar refractivity (Wildman–Crippen MR) is 157 cm³/mol. The van der Waals surface area contributed by atoms with Crippen LogP contribution in [0.3, 0.4) is 0 Å². The van der Waals surface area contributed by atoms with E-state index in [1.807, 2.05) is 61.8 Å². The van der Waals surface area contributed by atoms with Crippen LogP contribution >= 0.6 is 12.2 Å². The molecule has 0 spiro atoms. The van der Waals surface area contributed by atoms with Crippen molar-refractivity contribution in [1.82, 2.24) is 19.9 Å². The summed E-state index contributed by atoms with van der Waals surface area (Å²) in [4.78, 5) is 23.6. The maximum Gasteiger partial charge on any atom is 0.250 e. The summed E-state index contributed by atoms with van der Waals surface area (Å²) in [6.07, 6.45) is 3.63. The minimum Gasteiger partial charge on any atom is -0.375 e. The number of thiocarbonyl (C=S) groups is 1. The molecular weight excluding hydrogens is 508 g/mol. The highest BCUT2D eigenvalue weighted by Gasteiger charge is 2.42. The molecule has 0 radical (unpaired) electrons. The summed E-state index contributed by atoms with van der Waals surface area (Å²) in [6.45, 7) is 8.28. The number of hydrogen-bond acceptors (Lipinski definition) is 5. The second kappa shape index (κ2) is 11.0. The number of ether oxygens (including phenoxy) is 1. The van der Waals surface area contributed by atoms with E-state index in [-0.39, 0.29) is 24.6 Å². The standard InChI is InChI=1S/C30H32N6O2S/c1-18-9-8-14-32-29(18)35-20(3)16-23(21(35)4)28-27(25-10-6-7-13-31-25)34-30(39)36(28)22-11-12-24(19(2)15-22)33-26(37)17-38-5/h6-16,27-28H,17H2,1-5H3,(H,33,37)(H,34,39). The Morgan fingerprint density at radius 2 is 1.82 bits per heavy atom. The van der Waals surface area contributed by atoms with Gasteiger partial charge in [0, 0.05) is 42.3 Å². The van der Waals surface area contributed by atoms with Crippen molar-refractivity contribution in [2.45, 2.75) is 39.8 Å². The number of amides is 1. The smallest absolute Gasteiger partial charge is 0.250 e. The molecule has 4 heterocycles. The molecule has 5 rings (SSSR count). The highest BCUT2D eigenvalue weighted by atomic mass is 32.1. The van der Waals surface area contributed by atoms with Gasteiger partial charge in [0.25, 0.3) is 0 Å². The number of aromatic nitrogens is 3. The van der Waals surface area contributed by atoms with Gasteiger partial charge >= 0.3 is 0 Å². The lowest BCUT2D eigenvalue weighted by Crippen LogP contribution is -2.29. The molecule has 200 valence electrons. The van der Waals surface area contributed by atoms with Crippen LogP contribution in [0.1, 0.15) is 45.9 Å². The van der Waals surface area contributed by atoms with Crippen molar-refractivity contribution in [1.29, 1.82) is 0 Å². The normalized spacial score (nSPS) is 16.8. The van der Waals surface area contributed by atoms with Crippen molar-refractivity contribution < 1.29 is 9.53 Å². The fraction of sp³-hybridized carbons (Fsp3) is 0.267. The fourth-order valence-electron chi connectivity index (χ4n) is 5.33. The first kappa shape index (κ1) is 26.5. The largest absolute Gasteiger partial charge is 0.375 e. The quantitative estimate of drug-likeness (QED) is 0.309. The number of carbonyl (C=O) groups excluding carboxylic acids is 1. The molecule has 1 aliphatic heterocycles. The number of benzene rings is 1. The topological polar surface area (TPSA) is 84.3 Å². The Morgan fingerprint density at radius 1 is 1.03 bits per heavy atom. The zero-order valence-corrected chi connectivity index (χ0v) is 23.5. The number of carbonyl (C=O) groups is 1. The summed E-state index contributed by atoms with van der Waals surface area (Å²) in [5.41, 5.74) is 7.92. The Labute approximate surface area is 234 Å². The summed E-state index contributed by atoms with van der Waals surface area (Å²) in [7, 11) is 1.50. The van der Waals surface area contributed by atoms with Gasteiger partial charge in [-0.15, -0.1) is 0 Å². The minimum absolute atomic E-state index is 0.000511. The first-order valence-electron chi connectivity index (χ1n) is 12.8. The van der Waals surface area contributed by atoms with Gasteiger partial charge < -0.3 is 24.8 Å². The van der Waals surface area contributed by atoms with Crippen LogP contribution in [-0.2, 0) is 9.53 Å². The van der Waals surface area contributed by atoms with E-state index in [0.717, 1.165) is 51.0 Å². The zero-order chi connectivity index (χ0) is 27.7. The predicted octanol–water partition coefficient (Wildman–Crippen LogP) is 5.26. The summed E-state index contributed by atoms with van der Waals surface area (Å²) in [5, 5.41) is 7.07. The monoisotopic (exact) mass is 540 g/mol. The molecule has 1 aromatic carbocycles. The van der Waals surface area contributed by atoms with Crippen LogP contribution in [0.25, 0.3) is 5.82 Å². The Morgan fingerprint density at radius 3 is 2.51 bits per heavy atom. The molecular formula is C30H32N6O2S. The number of nitrogens with one attached hydrogen (secondary N) is 2. The molecule has 3 aromatic heterocycles. The van der Waals surface area contributed by atoms with Crippen LogP contribution in [0.4, 0.5) is 11.4 Å². The molecule has 2 unspecified atom stereocenters. The number of nitrogens with zero attached hydrogens (tertiary/aromatic N) is 4. The molecule has 1 fully saturated rings. The molecule has 1 aliphatic rings. The molecule has 1 amide bonds. The van der Waals surface area contributed by atoms with Crippen molar-refractivity contribution in [2.24, 2.45) is 0 Å². The highest BCUT2D eigenvalue weighted by Crippen LogP contribution is 2.44. The van der Waals surface area contributed by atoms with Crippen LogP contribution in [0.5, 0.6) is 0 Å². The van der Waals surface area contributed by atoms with Crippen LogP contribution in [0, 0.1) is 27.7 Å². The minimum atomic E-state index is -0.197. The van der Waals surface area contributed by atoms with Crippen molar-refractivity contribution in [3.8, 4) is 5.82 Å². The summed E-state index contributed by atoms with van der Waals surface area (Å²) < 4.78 is 7.16. The lowest BCUT2D eigenvalue weighted by molar-refractivity contribution is -0.119. The first-order valence-corrected chi connectivity index (χ1v) is 13.2. The van der Waals surface area contributed by atoms with E-state index >= 15 is 0 Å². The molecule has 1 saturated heterocycles. The Hall–Kier alpha value is -4.08. The third-order valence-electron chi connectivity index (χ3n) is 7.12. The van der Waals surface area contributed by atoms with E-state index in [9.17, 15) is 4.79 Å². The van der Waals surface area contributed by atoms with Crippen LogP contribution in [0.15, 0.2) is 67.0 Å². The molecule has 0 aliphatic carbocycles. The molecule has 0 bridgehead atoms. The third kappa shape index (κ3) is 5.03. The summed E-state index contributed by atoms with van der Waals surface area (Å²) in [6, 6.07) is 17.8. The molecule has 8 nitrogen and oxygen atoms in total. The van der Waals surface area contributed by atoms with E-state index in [1.165, 1.54) is 7.11 Å². The number of aryl methyl sites for hydroxylation is 3. The first-order chi connectivity index (χ1) is 18.8. The second-order valence-electron chi connectivity index (χ2n) is 9.78. The van der Waals surface area contributed by atoms with Gasteiger partial charge in [-0.1, -0.05) is 12.1 Å². The van der Waals surface area contributed by atoms with E-state index in [4.69, 9.17) is 17.0 Å². The number of rotatable bonds is 7. The van der Waals surface area contributed by atoms with Gasteiger partial charge in [0.05, 0.1) is 17.8 Å². The maximum atomic E-state index is 12.1. The van der Waals surface area contributed by atoms with Gasteiger partial charge in [-0.25, -0.2) is 4.98 Å².